The first-order chi connectivity index (χ1) is 9.62. The van der Waals surface area contributed by atoms with Crippen molar-refractivity contribution in [3.63, 3.8) is 0 Å². The molecule has 0 aliphatic carbocycles. The normalized spacial score (nSPS) is 10.2. The summed E-state index contributed by atoms with van der Waals surface area (Å²) in [7, 11) is 3.10. The molecule has 0 unspecified atom stereocenters. The lowest BCUT2D eigenvalue weighted by Crippen LogP contribution is -2.22. The van der Waals surface area contributed by atoms with Crippen LogP contribution in [0.5, 0.6) is 11.5 Å². The van der Waals surface area contributed by atoms with Crippen LogP contribution in [0, 0.1) is 6.92 Å². The molecule has 0 bridgehead atoms. The van der Waals surface area contributed by atoms with Crippen molar-refractivity contribution in [1.29, 1.82) is 0 Å². The van der Waals surface area contributed by atoms with Gasteiger partial charge in [0.25, 0.3) is 5.91 Å². The van der Waals surface area contributed by atoms with Gasteiger partial charge in [-0.25, -0.2) is 4.98 Å². The topological polar surface area (TPSA) is 60.5 Å². The van der Waals surface area contributed by atoms with Gasteiger partial charge in [-0.2, -0.15) is 0 Å². The molecule has 1 aromatic carbocycles. The maximum absolute atomic E-state index is 12.1. The molecule has 1 heterocycles. The van der Waals surface area contributed by atoms with Gasteiger partial charge in [-0.1, -0.05) is 0 Å². The van der Waals surface area contributed by atoms with E-state index < -0.39 is 0 Å². The molecule has 0 aliphatic rings. The minimum atomic E-state index is -0.185. The third-order valence-corrected chi connectivity index (χ3v) is 3.60. The number of benzene rings is 1. The van der Waals surface area contributed by atoms with Gasteiger partial charge in [0, 0.05) is 22.7 Å². The molecule has 20 heavy (non-hydrogen) atoms. The Bertz CT molecular complexity index is 588. The van der Waals surface area contributed by atoms with Gasteiger partial charge in [0.15, 0.2) is 0 Å². The number of aromatic nitrogens is 1. The fourth-order valence-corrected chi connectivity index (χ4v) is 2.41. The first kappa shape index (κ1) is 14.3. The Morgan fingerprint density at radius 2 is 1.90 bits per heavy atom. The van der Waals surface area contributed by atoms with Gasteiger partial charge in [0.1, 0.15) is 16.5 Å². The van der Waals surface area contributed by atoms with Crippen LogP contribution in [0.3, 0.4) is 0 Å². The zero-order valence-electron chi connectivity index (χ0n) is 11.6. The first-order valence-electron chi connectivity index (χ1n) is 6.05. The summed E-state index contributed by atoms with van der Waals surface area (Å²) in [5, 5.41) is 3.71. The van der Waals surface area contributed by atoms with E-state index in [0.29, 0.717) is 23.6 Å². The summed E-state index contributed by atoms with van der Waals surface area (Å²) in [6, 6.07) is 5.07. The standard InChI is InChI=1S/C14H16N2O3S/c1-9-7-15-13(20-9)8-16-14(17)10-4-11(18-2)6-12(5-10)19-3/h4-7H,8H2,1-3H3,(H,16,17). The zero-order valence-corrected chi connectivity index (χ0v) is 12.4. The highest BCUT2D eigenvalue weighted by Gasteiger charge is 2.10. The smallest absolute Gasteiger partial charge is 0.251 e. The lowest BCUT2D eigenvalue weighted by molar-refractivity contribution is 0.0950. The van der Waals surface area contributed by atoms with Crippen molar-refractivity contribution in [3.05, 3.63) is 39.8 Å². The van der Waals surface area contributed by atoms with Gasteiger partial charge in [0.2, 0.25) is 0 Å². The number of methoxy groups -OCH3 is 2. The summed E-state index contributed by atoms with van der Waals surface area (Å²) in [6.07, 6.45) is 1.79. The third kappa shape index (κ3) is 3.48. The Morgan fingerprint density at radius 3 is 2.40 bits per heavy atom. The summed E-state index contributed by atoms with van der Waals surface area (Å²) in [6.45, 7) is 2.40. The number of thiazole rings is 1. The number of aryl methyl sites for hydroxylation is 1. The van der Waals surface area contributed by atoms with E-state index in [4.69, 9.17) is 9.47 Å². The predicted octanol–water partition coefficient (Wildman–Crippen LogP) is 2.40. The van der Waals surface area contributed by atoms with Crippen molar-refractivity contribution in [2.24, 2.45) is 0 Å². The molecule has 1 amide bonds. The number of hydrogen-bond acceptors (Lipinski definition) is 5. The molecule has 0 fully saturated rings. The second kappa shape index (κ2) is 6.38. The van der Waals surface area contributed by atoms with Crippen molar-refractivity contribution in [2.75, 3.05) is 14.2 Å². The molecule has 1 aromatic heterocycles. The highest BCUT2D eigenvalue weighted by molar-refractivity contribution is 7.11. The predicted molar refractivity (Wildman–Crippen MR) is 77.6 cm³/mol. The fourth-order valence-electron chi connectivity index (χ4n) is 1.68. The van der Waals surface area contributed by atoms with E-state index in [0.717, 1.165) is 9.88 Å². The molecular formula is C14H16N2O3S. The average Bonchev–Trinajstić information content (AvgIpc) is 2.89. The van der Waals surface area contributed by atoms with Crippen LogP contribution in [-0.4, -0.2) is 25.1 Å². The zero-order chi connectivity index (χ0) is 14.5. The molecule has 2 aromatic rings. The molecule has 5 nitrogen and oxygen atoms in total. The molecule has 0 aliphatic heterocycles. The largest absolute Gasteiger partial charge is 0.497 e. The van der Waals surface area contributed by atoms with E-state index >= 15 is 0 Å². The number of rotatable bonds is 5. The third-order valence-electron chi connectivity index (χ3n) is 2.68. The van der Waals surface area contributed by atoms with E-state index in [2.05, 4.69) is 10.3 Å². The van der Waals surface area contributed by atoms with Gasteiger partial charge in [-0.05, 0) is 19.1 Å². The summed E-state index contributed by atoms with van der Waals surface area (Å²) in [4.78, 5) is 17.4. The molecule has 0 saturated carbocycles. The summed E-state index contributed by atoms with van der Waals surface area (Å²) in [5.41, 5.74) is 0.495. The molecule has 6 heteroatoms. The van der Waals surface area contributed by atoms with Crippen LogP contribution in [0.15, 0.2) is 24.4 Å². The Balaban J connectivity index is 2.08. The van der Waals surface area contributed by atoms with Gasteiger partial charge in [-0.3, -0.25) is 4.79 Å². The maximum atomic E-state index is 12.1. The SMILES string of the molecule is COc1cc(OC)cc(C(=O)NCc2ncc(C)s2)c1. The van der Waals surface area contributed by atoms with Gasteiger partial charge < -0.3 is 14.8 Å². The Labute approximate surface area is 121 Å². The van der Waals surface area contributed by atoms with Crippen LogP contribution < -0.4 is 14.8 Å². The number of carbonyl (C=O) groups excluding carboxylic acids is 1. The summed E-state index contributed by atoms with van der Waals surface area (Å²) >= 11 is 1.57. The highest BCUT2D eigenvalue weighted by atomic mass is 32.1. The van der Waals surface area contributed by atoms with Crippen LogP contribution in [-0.2, 0) is 6.54 Å². The number of ether oxygens (including phenoxy) is 2. The Kier molecular flexibility index (Phi) is 4.57. The van der Waals surface area contributed by atoms with Crippen molar-refractivity contribution < 1.29 is 14.3 Å². The minimum absolute atomic E-state index is 0.185. The molecular weight excluding hydrogens is 276 g/mol. The van der Waals surface area contributed by atoms with Crippen LogP contribution in [0.2, 0.25) is 0 Å². The lowest BCUT2D eigenvalue weighted by Gasteiger charge is -2.08. The molecule has 0 spiro atoms. The molecule has 2 rings (SSSR count). The fraction of sp³-hybridized carbons (Fsp3) is 0.286. The van der Waals surface area contributed by atoms with Crippen molar-refractivity contribution >= 4 is 17.2 Å². The Hall–Kier alpha value is -2.08. The molecule has 106 valence electrons. The molecule has 0 saturated heterocycles. The van der Waals surface area contributed by atoms with Crippen molar-refractivity contribution in [2.45, 2.75) is 13.5 Å². The number of hydrogen-bond donors (Lipinski definition) is 1. The average molecular weight is 292 g/mol. The number of carbonyl (C=O) groups is 1. The second-order valence-corrected chi connectivity index (χ2v) is 5.47. The molecule has 1 N–H and O–H groups in total. The quantitative estimate of drug-likeness (QED) is 0.919. The number of nitrogens with one attached hydrogen (secondary N) is 1. The Morgan fingerprint density at radius 1 is 1.25 bits per heavy atom. The van der Waals surface area contributed by atoms with E-state index in [-0.39, 0.29) is 5.91 Å². The van der Waals surface area contributed by atoms with E-state index in [1.807, 2.05) is 6.92 Å². The number of nitrogens with zero attached hydrogens (tertiary/aromatic N) is 1. The van der Waals surface area contributed by atoms with Gasteiger partial charge in [0.05, 0.1) is 20.8 Å². The summed E-state index contributed by atoms with van der Waals surface area (Å²) in [5.74, 6) is 0.981. The molecule has 0 radical (unpaired) electrons. The number of amides is 1. The van der Waals surface area contributed by atoms with E-state index in [1.54, 1.807) is 50.0 Å². The highest BCUT2D eigenvalue weighted by Crippen LogP contribution is 2.22. The monoisotopic (exact) mass is 292 g/mol. The van der Waals surface area contributed by atoms with Crippen LogP contribution in [0.4, 0.5) is 0 Å². The lowest BCUT2D eigenvalue weighted by atomic mass is 10.2. The minimum Gasteiger partial charge on any atom is -0.497 e. The maximum Gasteiger partial charge on any atom is 0.251 e. The van der Waals surface area contributed by atoms with Crippen molar-refractivity contribution in [3.8, 4) is 11.5 Å². The molecule has 0 atom stereocenters. The van der Waals surface area contributed by atoms with E-state index in [9.17, 15) is 4.79 Å². The van der Waals surface area contributed by atoms with Crippen LogP contribution in [0.1, 0.15) is 20.2 Å². The van der Waals surface area contributed by atoms with Crippen LogP contribution in [0.25, 0.3) is 0 Å². The van der Waals surface area contributed by atoms with Gasteiger partial charge >= 0.3 is 0 Å². The summed E-state index contributed by atoms with van der Waals surface area (Å²) < 4.78 is 10.3. The van der Waals surface area contributed by atoms with Gasteiger partial charge in [-0.15, -0.1) is 11.3 Å². The van der Waals surface area contributed by atoms with E-state index in [1.165, 1.54) is 0 Å². The first-order valence-corrected chi connectivity index (χ1v) is 6.86. The van der Waals surface area contributed by atoms with Crippen LogP contribution >= 0.6 is 11.3 Å². The van der Waals surface area contributed by atoms with Crippen molar-refractivity contribution in [1.82, 2.24) is 10.3 Å². The second-order valence-electron chi connectivity index (χ2n) is 4.15.